The molecule has 2 aromatic carbocycles. The van der Waals surface area contributed by atoms with Gasteiger partial charge in [-0.2, -0.15) is 0 Å². The van der Waals surface area contributed by atoms with Gasteiger partial charge in [-0.05, 0) is 49.4 Å². The highest BCUT2D eigenvalue weighted by Gasteiger charge is 2.28. The van der Waals surface area contributed by atoms with Gasteiger partial charge < -0.3 is 10.0 Å². The topological polar surface area (TPSA) is 23.5 Å². The number of benzene rings is 2. The standard InChI is InChI=1S/C18H21NO/c1-14(20)19(16-10-3-2-4-11-16)18-13-7-9-15-8-5-6-12-17(15)18/h2-6,8,10-12,14,18,20H,7,9,13H2,1H3. The zero-order valence-corrected chi connectivity index (χ0v) is 11.9. The van der Waals surface area contributed by atoms with Crippen LogP contribution in [0.5, 0.6) is 0 Å². The highest BCUT2D eigenvalue weighted by atomic mass is 16.3. The lowest BCUT2D eigenvalue weighted by Gasteiger charge is -2.39. The molecule has 0 amide bonds. The first kappa shape index (κ1) is 13.2. The SMILES string of the molecule is CC(O)N(c1ccccc1)C1CCCc2ccccc21. The number of hydrogen-bond donors (Lipinski definition) is 1. The van der Waals surface area contributed by atoms with Crippen molar-refractivity contribution in [3.63, 3.8) is 0 Å². The Kier molecular flexibility index (Phi) is 3.75. The number of nitrogens with zero attached hydrogens (tertiary/aromatic N) is 1. The van der Waals surface area contributed by atoms with Crippen LogP contribution in [0.4, 0.5) is 5.69 Å². The molecule has 0 saturated heterocycles. The van der Waals surface area contributed by atoms with Crippen molar-refractivity contribution in [1.82, 2.24) is 0 Å². The summed E-state index contributed by atoms with van der Waals surface area (Å²) in [7, 11) is 0. The normalized spacial score (nSPS) is 19.2. The van der Waals surface area contributed by atoms with Crippen LogP contribution in [0.1, 0.15) is 36.9 Å². The van der Waals surface area contributed by atoms with E-state index in [2.05, 4.69) is 41.3 Å². The summed E-state index contributed by atoms with van der Waals surface area (Å²) in [5, 5.41) is 10.3. The molecule has 2 nitrogen and oxygen atoms in total. The summed E-state index contributed by atoms with van der Waals surface area (Å²) in [6, 6.07) is 19.1. The minimum absolute atomic E-state index is 0.266. The van der Waals surface area contributed by atoms with E-state index in [0.717, 1.165) is 18.5 Å². The summed E-state index contributed by atoms with van der Waals surface area (Å²) < 4.78 is 0. The Hall–Kier alpha value is -1.80. The second-order valence-electron chi connectivity index (χ2n) is 5.48. The van der Waals surface area contributed by atoms with Gasteiger partial charge in [0.05, 0.1) is 6.04 Å². The van der Waals surface area contributed by atoms with Crippen LogP contribution in [-0.2, 0) is 6.42 Å². The van der Waals surface area contributed by atoms with E-state index in [1.165, 1.54) is 17.5 Å². The van der Waals surface area contributed by atoms with E-state index in [-0.39, 0.29) is 6.04 Å². The molecule has 2 heteroatoms. The van der Waals surface area contributed by atoms with Gasteiger partial charge in [0.25, 0.3) is 0 Å². The van der Waals surface area contributed by atoms with Crippen LogP contribution >= 0.6 is 0 Å². The number of aliphatic hydroxyl groups is 1. The number of para-hydroxylation sites is 1. The third-order valence-electron chi connectivity index (χ3n) is 4.13. The summed E-state index contributed by atoms with van der Waals surface area (Å²) in [6.07, 6.45) is 2.93. The first-order valence-corrected chi connectivity index (χ1v) is 7.36. The van der Waals surface area contributed by atoms with E-state index in [9.17, 15) is 5.11 Å². The van der Waals surface area contributed by atoms with E-state index >= 15 is 0 Å². The van der Waals surface area contributed by atoms with Gasteiger partial charge in [0.15, 0.2) is 0 Å². The van der Waals surface area contributed by atoms with E-state index < -0.39 is 6.23 Å². The molecule has 104 valence electrons. The summed E-state index contributed by atoms with van der Waals surface area (Å²) in [5.41, 5.74) is 3.87. The highest BCUT2D eigenvalue weighted by Crippen LogP contribution is 2.37. The Labute approximate surface area is 120 Å². The molecule has 1 N–H and O–H groups in total. The third kappa shape index (κ3) is 2.44. The quantitative estimate of drug-likeness (QED) is 0.852. The first-order chi connectivity index (χ1) is 9.77. The third-order valence-corrected chi connectivity index (χ3v) is 4.13. The maximum Gasteiger partial charge on any atom is 0.124 e. The van der Waals surface area contributed by atoms with Crippen molar-refractivity contribution < 1.29 is 5.11 Å². The molecule has 0 aromatic heterocycles. The fraction of sp³-hybridized carbons (Fsp3) is 0.333. The number of aliphatic hydroxyl groups excluding tert-OH is 1. The Bertz CT molecular complexity index is 565. The molecule has 2 aromatic rings. The summed E-state index contributed by atoms with van der Waals surface area (Å²) in [6.45, 7) is 1.85. The van der Waals surface area contributed by atoms with Crippen molar-refractivity contribution in [2.24, 2.45) is 0 Å². The van der Waals surface area contributed by atoms with Crippen LogP contribution < -0.4 is 4.90 Å². The smallest absolute Gasteiger partial charge is 0.124 e. The highest BCUT2D eigenvalue weighted by molar-refractivity contribution is 5.50. The minimum Gasteiger partial charge on any atom is -0.374 e. The summed E-state index contributed by atoms with van der Waals surface area (Å²) >= 11 is 0. The van der Waals surface area contributed by atoms with Gasteiger partial charge in [-0.25, -0.2) is 0 Å². The van der Waals surface area contributed by atoms with Crippen LogP contribution in [0, 0.1) is 0 Å². The van der Waals surface area contributed by atoms with Gasteiger partial charge in [-0.3, -0.25) is 0 Å². The van der Waals surface area contributed by atoms with E-state index in [1.807, 2.05) is 25.1 Å². The molecule has 3 rings (SSSR count). The van der Waals surface area contributed by atoms with Crippen molar-refractivity contribution in [2.75, 3.05) is 4.90 Å². The lowest BCUT2D eigenvalue weighted by Crippen LogP contribution is -2.38. The van der Waals surface area contributed by atoms with Gasteiger partial charge in [-0.15, -0.1) is 0 Å². The molecule has 0 bridgehead atoms. The maximum atomic E-state index is 10.3. The van der Waals surface area contributed by atoms with Crippen LogP contribution in [0.25, 0.3) is 0 Å². The van der Waals surface area contributed by atoms with Gasteiger partial charge in [0.1, 0.15) is 6.23 Å². The Balaban J connectivity index is 2.02. The zero-order chi connectivity index (χ0) is 13.9. The largest absolute Gasteiger partial charge is 0.374 e. The Morgan fingerprint density at radius 3 is 2.50 bits per heavy atom. The molecule has 0 radical (unpaired) electrons. The van der Waals surface area contributed by atoms with Gasteiger partial charge in [0.2, 0.25) is 0 Å². The second-order valence-corrected chi connectivity index (χ2v) is 5.48. The van der Waals surface area contributed by atoms with Crippen LogP contribution in [0.3, 0.4) is 0 Å². The number of hydrogen-bond acceptors (Lipinski definition) is 2. The van der Waals surface area contributed by atoms with Gasteiger partial charge in [0, 0.05) is 5.69 Å². The van der Waals surface area contributed by atoms with E-state index in [4.69, 9.17) is 0 Å². The number of fused-ring (bicyclic) bond motifs is 1. The van der Waals surface area contributed by atoms with Crippen molar-refractivity contribution in [2.45, 2.75) is 38.5 Å². The van der Waals surface area contributed by atoms with Gasteiger partial charge in [-0.1, -0.05) is 42.5 Å². The first-order valence-electron chi connectivity index (χ1n) is 7.36. The predicted octanol–water partition coefficient (Wildman–Crippen LogP) is 3.91. The average Bonchev–Trinajstić information content (AvgIpc) is 2.48. The monoisotopic (exact) mass is 267 g/mol. The number of aryl methyl sites for hydroxylation is 1. The predicted molar refractivity (Wildman–Crippen MR) is 82.7 cm³/mol. The van der Waals surface area contributed by atoms with Crippen LogP contribution in [0.2, 0.25) is 0 Å². The minimum atomic E-state index is -0.492. The molecule has 2 unspecified atom stereocenters. The van der Waals surface area contributed by atoms with Crippen molar-refractivity contribution in [1.29, 1.82) is 0 Å². The molecular weight excluding hydrogens is 246 g/mol. The van der Waals surface area contributed by atoms with Crippen molar-refractivity contribution >= 4 is 5.69 Å². The van der Waals surface area contributed by atoms with E-state index in [0.29, 0.717) is 0 Å². The molecule has 0 fully saturated rings. The molecule has 2 atom stereocenters. The van der Waals surface area contributed by atoms with E-state index in [1.54, 1.807) is 0 Å². The number of rotatable bonds is 3. The molecule has 1 aliphatic rings. The van der Waals surface area contributed by atoms with Gasteiger partial charge >= 0.3 is 0 Å². The molecule has 0 aliphatic heterocycles. The Morgan fingerprint density at radius 1 is 1.05 bits per heavy atom. The van der Waals surface area contributed by atoms with Crippen molar-refractivity contribution in [3.05, 3.63) is 65.7 Å². The second kappa shape index (κ2) is 5.68. The Morgan fingerprint density at radius 2 is 1.75 bits per heavy atom. The molecular formula is C18H21NO. The van der Waals surface area contributed by atoms with Crippen molar-refractivity contribution in [3.8, 4) is 0 Å². The molecule has 20 heavy (non-hydrogen) atoms. The average molecular weight is 267 g/mol. The fourth-order valence-corrected chi connectivity index (χ4v) is 3.27. The fourth-order valence-electron chi connectivity index (χ4n) is 3.27. The van der Waals surface area contributed by atoms with Crippen LogP contribution in [0.15, 0.2) is 54.6 Å². The molecule has 0 heterocycles. The summed E-state index contributed by atoms with van der Waals surface area (Å²) in [4.78, 5) is 2.14. The molecule has 0 saturated carbocycles. The lowest BCUT2D eigenvalue weighted by molar-refractivity contribution is 0.173. The summed E-state index contributed by atoms with van der Waals surface area (Å²) in [5.74, 6) is 0. The molecule has 1 aliphatic carbocycles. The molecule has 0 spiro atoms. The number of anilines is 1. The maximum absolute atomic E-state index is 10.3. The van der Waals surface area contributed by atoms with Crippen LogP contribution in [-0.4, -0.2) is 11.3 Å². The lowest BCUT2D eigenvalue weighted by atomic mass is 9.86. The zero-order valence-electron chi connectivity index (χ0n) is 11.9.